The second-order valence-electron chi connectivity index (χ2n) is 3.87. The number of hydrogen-bond acceptors (Lipinski definition) is 3. The second kappa shape index (κ2) is 4.85. The van der Waals surface area contributed by atoms with E-state index in [-0.39, 0.29) is 13.0 Å². The monoisotopic (exact) mass is 253 g/mol. The van der Waals surface area contributed by atoms with Gasteiger partial charge >= 0.3 is 0 Å². The molecule has 17 heavy (non-hydrogen) atoms. The van der Waals surface area contributed by atoms with Crippen LogP contribution in [0.5, 0.6) is 0 Å². The number of fused-ring (bicyclic) bond motifs is 1. The van der Waals surface area contributed by atoms with Gasteiger partial charge in [0.15, 0.2) is 0 Å². The number of hydrogen-bond donors (Lipinski definition) is 1. The van der Waals surface area contributed by atoms with Crippen molar-refractivity contribution in [2.75, 3.05) is 18.1 Å². The van der Waals surface area contributed by atoms with Gasteiger partial charge in [0.05, 0.1) is 0 Å². The third-order valence-corrected chi connectivity index (χ3v) is 3.10. The van der Waals surface area contributed by atoms with Crippen molar-refractivity contribution in [2.24, 2.45) is 0 Å². The van der Waals surface area contributed by atoms with Crippen LogP contribution in [0.2, 0.25) is 5.02 Å². The average molecular weight is 254 g/mol. The molecule has 0 saturated carbocycles. The van der Waals surface area contributed by atoms with Crippen molar-refractivity contribution in [1.82, 2.24) is 0 Å². The molecule has 1 aromatic carbocycles. The summed E-state index contributed by atoms with van der Waals surface area (Å²) in [5.41, 5.74) is 1.37. The van der Waals surface area contributed by atoms with Gasteiger partial charge in [0.2, 0.25) is 5.78 Å². The van der Waals surface area contributed by atoms with E-state index in [9.17, 15) is 9.59 Å². The predicted molar refractivity (Wildman–Crippen MR) is 64.2 cm³/mol. The molecule has 0 bridgehead atoms. The molecule has 1 aromatic rings. The third kappa shape index (κ3) is 2.18. The van der Waals surface area contributed by atoms with Gasteiger partial charge in [-0.2, -0.15) is 0 Å². The van der Waals surface area contributed by atoms with Crippen LogP contribution in [0.25, 0.3) is 0 Å². The summed E-state index contributed by atoms with van der Waals surface area (Å²) in [6.45, 7) is 0.308. The van der Waals surface area contributed by atoms with E-state index in [0.29, 0.717) is 29.2 Å². The van der Waals surface area contributed by atoms with Crippen LogP contribution in [0.15, 0.2) is 18.2 Å². The van der Waals surface area contributed by atoms with Crippen LogP contribution in [-0.4, -0.2) is 29.9 Å². The Morgan fingerprint density at radius 2 is 2.12 bits per heavy atom. The number of halogens is 1. The topological polar surface area (TPSA) is 57.6 Å². The number of benzene rings is 1. The number of rotatable bonds is 3. The summed E-state index contributed by atoms with van der Waals surface area (Å²) >= 11 is 6.01. The van der Waals surface area contributed by atoms with Crippen molar-refractivity contribution in [2.45, 2.75) is 12.8 Å². The normalized spacial score (nSPS) is 15.1. The molecular formula is C12H12ClNO3. The highest BCUT2D eigenvalue weighted by Gasteiger charge is 2.31. The molecule has 0 unspecified atom stereocenters. The maximum absolute atomic E-state index is 11.8. The van der Waals surface area contributed by atoms with Crippen molar-refractivity contribution in [3.8, 4) is 0 Å². The molecule has 1 heterocycles. The molecule has 0 spiro atoms. The quantitative estimate of drug-likeness (QED) is 0.823. The van der Waals surface area contributed by atoms with Crippen molar-refractivity contribution >= 4 is 29.0 Å². The average Bonchev–Trinajstić information content (AvgIpc) is 2.31. The third-order valence-electron chi connectivity index (χ3n) is 2.75. The Kier molecular flexibility index (Phi) is 3.45. The largest absolute Gasteiger partial charge is 0.396 e. The molecule has 4 nitrogen and oxygen atoms in total. The minimum Gasteiger partial charge on any atom is -0.396 e. The maximum atomic E-state index is 11.8. The lowest BCUT2D eigenvalue weighted by molar-refractivity contribution is -0.136. The van der Waals surface area contributed by atoms with Gasteiger partial charge in [-0.25, -0.2) is 0 Å². The molecule has 0 aromatic heterocycles. The molecule has 1 aliphatic rings. The van der Waals surface area contributed by atoms with Gasteiger partial charge < -0.3 is 10.0 Å². The summed E-state index contributed by atoms with van der Waals surface area (Å²) in [4.78, 5) is 24.7. The lowest BCUT2D eigenvalue weighted by Crippen LogP contribution is -2.42. The summed E-state index contributed by atoms with van der Waals surface area (Å²) in [5, 5.41) is 9.30. The van der Waals surface area contributed by atoms with E-state index in [0.717, 1.165) is 0 Å². The highest BCUT2D eigenvalue weighted by atomic mass is 35.5. The second-order valence-corrected chi connectivity index (χ2v) is 4.28. The fraction of sp³-hybridized carbons (Fsp3) is 0.333. The number of carbonyl (C=O) groups is 2. The maximum Gasteiger partial charge on any atom is 0.294 e. The summed E-state index contributed by atoms with van der Waals surface area (Å²) in [5.74, 6) is -0.975. The Balaban J connectivity index is 2.42. The van der Waals surface area contributed by atoms with Crippen molar-refractivity contribution in [1.29, 1.82) is 0 Å². The van der Waals surface area contributed by atoms with E-state index < -0.39 is 11.7 Å². The standard InChI is InChI=1S/C12H12ClNO3/c13-9-3-1-4-10-8(9)7-11(16)12(17)14(10)5-2-6-15/h1,3-4,15H,2,5-7H2. The van der Waals surface area contributed by atoms with Crippen molar-refractivity contribution < 1.29 is 14.7 Å². The molecule has 2 rings (SSSR count). The van der Waals surface area contributed by atoms with Gasteiger partial charge in [0, 0.05) is 35.8 Å². The van der Waals surface area contributed by atoms with Crippen LogP contribution in [0.3, 0.4) is 0 Å². The minimum absolute atomic E-state index is 0.0200. The smallest absolute Gasteiger partial charge is 0.294 e. The SMILES string of the molecule is O=C1Cc2c(Cl)cccc2N(CCCO)C1=O. The van der Waals surface area contributed by atoms with Crippen LogP contribution in [0.1, 0.15) is 12.0 Å². The van der Waals surface area contributed by atoms with Crippen LogP contribution >= 0.6 is 11.6 Å². The van der Waals surface area contributed by atoms with E-state index in [1.165, 1.54) is 4.90 Å². The van der Waals surface area contributed by atoms with Crippen LogP contribution in [-0.2, 0) is 16.0 Å². The molecule has 0 aliphatic carbocycles. The predicted octanol–water partition coefficient (Wildman–Crippen LogP) is 1.18. The van der Waals surface area contributed by atoms with E-state index in [1.54, 1.807) is 18.2 Å². The number of Topliss-reactive ketones (excluding diaryl/α,β-unsaturated/α-hetero) is 1. The van der Waals surface area contributed by atoms with Gasteiger partial charge in [-0.15, -0.1) is 0 Å². The van der Waals surface area contributed by atoms with Crippen LogP contribution in [0, 0.1) is 0 Å². The molecule has 0 radical (unpaired) electrons. The molecule has 5 heteroatoms. The first-order chi connectivity index (χ1) is 8.15. The highest BCUT2D eigenvalue weighted by molar-refractivity contribution is 6.44. The molecule has 1 aliphatic heterocycles. The molecular weight excluding hydrogens is 242 g/mol. The summed E-state index contributed by atoms with van der Waals surface area (Å²) in [7, 11) is 0. The summed E-state index contributed by atoms with van der Waals surface area (Å²) in [6, 6.07) is 5.22. The Morgan fingerprint density at radius 1 is 1.35 bits per heavy atom. The first kappa shape index (κ1) is 12.1. The molecule has 1 amide bonds. The molecule has 1 N–H and O–H groups in total. The van der Waals surface area contributed by atoms with E-state index in [2.05, 4.69) is 0 Å². The van der Waals surface area contributed by atoms with Gasteiger partial charge in [0.1, 0.15) is 0 Å². The van der Waals surface area contributed by atoms with Crippen molar-refractivity contribution in [3.63, 3.8) is 0 Å². The molecule has 0 saturated heterocycles. The van der Waals surface area contributed by atoms with Crippen LogP contribution in [0.4, 0.5) is 5.69 Å². The van der Waals surface area contributed by atoms with Gasteiger partial charge in [-0.3, -0.25) is 9.59 Å². The lowest BCUT2D eigenvalue weighted by Gasteiger charge is -2.28. The number of aliphatic hydroxyl groups excluding tert-OH is 1. The Hall–Kier alpha value is -1.39. The number of ketones is 1. The Labute approximate surface area is 104 Å². The van der Waals surface area contributed by atoms with Gasteiger partial charge in [-0.05, 0) is 18.6 Å². The Morgan fingerprint density at radius 3 is 2.82 bits per heavy atom. The molecule has 90 valence electrons. The number of carbonyl (C=O) groups excluding carboxylic acids is 2. The molecule has 0 fully saturated rings. The summed E-state index contributed by atoms with van der Waals surface area (Å²) < 4.78 is 0. The van der Waals surface area contributed by atoms with E-state index in [1.807, 2.05) is 0 Å². The highest BCUT2D eigenvalue weighted by Crippen LogP contribution is 2.31. The number of amides is 1. The van der Waals surface area contributed by atoms with E-state index >= 15 is 0 Å². The Bertz CT molecular complexity index is 473. The fourth-order valence-electron chi connectivity index (χ4n) is 1.92. The zero-order valence-electron chi connectivity index (χ0n) is 9.15. The van der Waals surface area contributed by atoms with Gasteiger partial charge in [-0.1, -0.05) is 17.7 Å². The zero-order chi connectivity index (χ0) is 12.4. The van der Waals surface area contributed by atoms with Gasteiger partial charge in [0.25, 0.3) is 5.91 Å². The number of anilines is 1. The lowest BCUT2D eigenvalue weighted by atomic mass is 10.00. The van der Waals surface area contributed by atoms with E-state index in [4.69, 9.17) is 16.7 Å². The summed E-state index contributed by atoms with van der Waals surface area (Å²) in [6.07, 6.45) is 0.494. The first-order valence-corrected chi connectivity index (χ1v) is 5.76. The van der Waals surface area contributed by atoms with Crippen LogP contribution < -0.4 is 4.90 Å². The zero-order valence-corrected chi connectivity index (χ0v) is 9.91. The minimum atomic E-state index is -0.520. The first-order valence-electron chi connectivity index (χ1n) is 5.38. The number of aliphatic hydroxyl groups is 1. The fourth-order valence-corrected chi connectivity index (χ4v) is 2.16. The number of nitrogens with zero attached hydrogens (tertiary/aromatic N) is 1. The van der Waals surface area contributed by atoms with Crippen molar-refractivity contribution in [3.05, 3.63) is 28.8 Å². The molecule has 0 atom stereocenters.